The van der Waals surface area contributed by atoms with Crippen LogP contribution in [0.15, 0.2) is 23.1 Å². The zero-order chi connectivity index (χ0) is 13.3. The van der Waals surface area contributed by atoms with Crippen LogP contribution < -0.4 is 11.3 Å². The lowest BCUT2D eigenvalue weighted by Crippen LogP contribution is -2.17. The maximum atomic E-state index is 12.0. The van der Waals surface area contributed by atoms with Crippen molar-refractivity contribution in [2.75, 3.05) is 5.73 Å². The second kappa shape index (κ2) is 4.68. The second-order valence-corrected chi connectivity index (χ2v) is 4.93. The lowest BCUT2D eigenvalue weighted by molar-refractivity contribution is 0.627. The molecular formula is C13H18N4O. The van der Waals surface area contributed by atoms with Crippen LogP contribution in [0.3, 0.4) is 0 Å². The number of nitrogens with one attached hydrogen (secondary N) is 1. The van der Waals surface area contributed by atoms with Gasteiger partial charge >= 0.3 is 0 Å². The average Bonchev–Trinajstić information content (AvgIpc) is 2.57. The van der Waals surface area contributed by atoms with Crippen molar-refractivity contribution >= 4 is 5.69 Å². The van der Waals surface area contributed by atoms with Gasteiger partial charge in [-0.1, -0.05) is 13.8 Å². The number of aryl methyl sites for hydroxylation is 1. The van der Waals surface area contributed by atoms with E-state index in [-0.39, 0.29) is 11.2 Å². The van der Waals surface area contributed by atoms with Crippen LogP contribution in [0.4, 0.5) is 5.69 Å². The summed E-state index contributed by atoms with van der Waals surface area (Å²) in [6, 6.07) is 3.73. The molecule has 0 unspecified atom stereocenters. The minimum Gasteiger partial charge on any atom is -0.393 e. The number of rotatable bonds is 3. The number of hydrogen-bond donors (Lipinski definition) is 2. The van der Waals surface area contributed by atoms with Gasteiger partial charge in [0.15, 0.2) is 5.82 Å². The van der Waals surface area contributed by atoms with Crippen molar-refractivity contribution in [3.8, 4) is 5.82 Å². The Balaban J connectivity index is 2.49. The molecule has 0 aliphatic heterocycles. The number of aromatic nitrogens is 3. The first-order valence-electron chi connectivity index (χ1n) is 6.01. The van der Waals surface area contributed by atoms with Gasteiger partial charge in [-0.3, -0.25) is 9.89 Å². The molecule has 0 saturated heterocycles. The third kappa shape index (κ3) is 2.30. The van der Waals surface area contributed by atoms with E-state index in [4.69, 9.17) is 5.73 Å². The number of nitrogens with zero attached hydrogens (tertiary/aromatic N) is 2. The zero-order valence-corrected chi connectivity index (χ0v) is 10.9. The number of nitrogen functional groups attached to an aromatic ring is 1. The average molecular weight is 246 g/mol. The summed E-state index contributed by atoms with van der Waals surface area (Å²) in [5.74, 6) is 1.01. The number of H-pyrrole nitrogens is 1. The maximum absolute atomic E-state index is 12.0. The standard InChI is InChI=1S/C13H18N4O/c1-8(2)6-10-12(14)13(18)17(16-10)11-7-9(3)4-5-15-11/h4-5,7-8,16H,6,14H2,1-3H3. The van der Waals surface area contributed by atoms with Gasteiger partial charge in [0, 0.05) is 6.20 Å². The Bertz CT molecular complexity index is 610. The summed E-state index contributed by atoms with van der Waals surface area (Å²) < 4.78 is 1.40. The normalized spacial score (nSPS) is 11.1. The fourth-order valence-electron chi connectivity index (χ4n) is 1.86. The van der Waals surface area contributed by atoms with Crippen molar-refractivity contribution in [2.24, 2.45) is 5.92 Å². The number of nitrogens with two attached hydrogens (primary N) is 1. The molecule has 2 rings (SSSR count). The molecule has 2 aromatic heterocycles. The highest BCUT2D eigenvalue weighted by Gasteiger charge is 2.13. The lowest BCUT2D eigenvalue weighted by atomic mass is 10.1. The van der Waals surface area contributed by atoms with Gasteiger partial charge in [0.05, 0.1) is 5.69 Å². The van der Waals surface area contributed by atoms with Gasteiger partial charge in [-0.2, -0.15) is 4.68 Å². The van der Waals surface area contributed by atoms with Gasteiger partial charge in [0.1, 0.15) is 5.69 Å². The smallest absolute Gasteiger partial charge is 0.296 e. The molecule has 2 aromatic rings. The predicted molar refractivity (Wildman–Crippen MR) is 71.9 cm³/mol. The highest BCUT2D eigenvalue weighted by atomic mass is 16.1. The van der Waals surface area contributed by atoms with E-state index in [1.165, 1.54) is 4.68 Å². The van der Waals surface area contributed by atoms with Crippen molar-refractivity contribution in [2.45, 2.75) is 27.2 Å². The first-order valence-corrected chi connectivity index (χ1v) is 6.01. The molecular weight excluding hydrogens is 228 g/mol. The van der Waals surface area contributed by atoms with Crippen LogP contribution in [0.2, 0.25) is 0 Å². The van der Waals surface area contributed by atoms with E-state index in [2.05, 4.69) is 23.9 Å². The summed E-state index contributed by atoms with van der Waals surface area (Å²) in [6.45, 7) is 6.12. The largest absolute Gasteiger partial charge is 0.393 e. The molecule has 2 heterocycles. The fourth-order valence-corrected chi connectivity index (χ4v) is 1.86. The fraction of sp³-hybridized carbons (Fsp3) is 0.385. The number of pyridine rings is 1. The van der Waals surface area contributed by atoms with Crippen LogP contribution in [0.1, 0.15) is 25.1 Å². The Hall–Kier alpha value is -2.04. The van der Waals surface area contributed by atoms with Crippen LogP contribution in [0, 0.1) is 12.8 Å². The summed E-state index contributed by atoms with van der Waals surface area (Å²) in [5, 5.41) is 3.04. The van der Waals surface area contributed by atoms with Crippen LogP contribution >= 0.6 is 0 Å². The van der Waals surface area contributed by atoms with Crippen molar-refractivity contribution in [1.29, 1.82) is 0 Å². The minimum atomic E-state index is -0.233. The zero-order valence-electron chi connectivity index (χ0n) is 10.9. The molecule has 18 heavy (non-hydrogen) atoms. The molecule has 0 aliphatic carbocycles. The molecule has 0 amide bonds. The summed E-state index contributed by atoms with van der Waals surface area (Å²) in [5.41, 5.74) is 7.71. The van der Waals surface area contributed by atoms with Crippen LogP contribution in [-0.4, -0.2) is 14.8 Å². The van der Waals surface area contributed by atoms with Gasteiger partial charge in [-0.05, 0) is 37.0 Å². The van der Waals surface area contributed by atoms with Crippen molar-refractivity contribution in [1.82, 2.24) is 14.8 Å². The highest BCUT2D eigenvalue weighted by Crippen LogP contribution is 2.12. The molecule has 0 aliphatic rings. The van der Waals surface area contributed by atoms with Gasteiger partial charge in [0.2, 0.25) is 0 Å². The Morgan fingerprint density at radius 2 is 2.22 bits per heavy atom. The Kier molecular flexibility index (Phi) is 3.23. The van der Waals surface area contributed by atoms with Gasteiger partial charge in [-0.25, -0.2) is 4.98 Å². The molecule has 3 N–H and O–H groups in total. The number of aromatic amines is 1. The van der Waals surface area contributed by atoms with Gasteiger partial charge < -0.3 is 5.73 Å². The third-order valence-electron chi connectivity index (χ3n) is 2.75. The van der Waals surface area contributed by atoms with E-state index in [0.29, 0.717) is 11.7 Å². The van der Waals surface area contributed by atoms with Crippen molar-refractivity contribution < 1.29 is 0 Å². The quantitative estimate of drug-likeness (QED) is 0.864. The Morgan fingerprint density at radius 3 is 2.83 bits per heavy atom. The van der Waals surface area contributed by atoms with E-state index in [1.54, 1.807) is 6.20 Å². The molecule has 0 aromatic carbocycles. The SMILES string of the molecule is Cc1ccnc(-n2[nH]c(CC(C)C)c(N)c2=O)c1. The van der Waals surface area contributed by atoms with Crippen molar-refractivity contribution in [3.63, 3.8) is 0 Å². The molecule has 96 valence electrons. The molecule has 0 fully saturated rings. The summed E-state index contributed by atoms with van der Waals surface area (Å²) in [6.07, 6.45) is 2.43. The molecule has 0 saturated carbocycles. The van der Waals surface area contributed by atoms with E-state index < -0.39 is 0 Å². The monoisotopic (exact) mass is 246 g/mol. The maximum Gasteiger partial charge on any atom is 0.296 e. The van der Waals surface area contributed by atoms with Gasteiger partial charge in [0.25, 0.3) is 5.56 Å². The van der Waals surface area contributed by atoms with Gasteiger partial charge in [-0.15, -0.1) is 0 Å². The van der Waals surface area contributed by atoms with Crippen molar-refractivity contribution in [3.05, 3.63) is 39.9 Å². The number of anilines is 1. The summed E-state index contributed by atoms with van der Waals surface area (Å²) in [7, 11) is 0. The van der Waals surface area contributed by atoms with Crippen LogP contribution in [-0.2, 0) is 6.42 Å². The lowest BCUT2D eigenvalue weighted by Gasteiger charge is -2.03. The van der Waals surface area contributed by atoms with E-state index in [0.717, 1.165) is 17.7 Å². The summed E-state index contributed by atoms with van der Waals surface area (Å²) >= 11 is 0. The first-order chi connectivity index (χ1) is 8.49. The molecule has 5 nitrogen and oxygen atoms in total. The number of hydrogen-bond acceptors (Lipinski definition) is 3. The summed E-state index contributed by atoms with van der Waals surface area (Å²) in [4.78, 5) is 16.2. The molecule has 0 bridgehead atoms. The van der Waals surface area contributed by atoms with E-state index in [1.807, 2.05) is 19.1 Å². The molecule has 0 atom stereocenters. The second-order valence-electron chi connectivity index (χ2n) is 4.93. The Labute approximate surface area is 106 Å². The molecule has 5 heteroatoms. The Morgan fingerprint density at radius 1 is 1.50 bits per heavy atom. The third-order valence-corrected chi connectivity index (χ3v) is 2.75. The molecule has 0 radical (unpaired) electrons. The first kappa shape index (κ1) is 12.4. The highest BCUT2D eigenvalue weighted by molar-refractivity contribution is 5.43. The van der Waals surface area contributed by atoms with E-state index >= 15 is 0 Å². The predicted octanol–water partition coefficient (Wildman–Crippen LogP) is 1.65. The minimum absolute atomic E-state index is 0.233. The van der Waals surface area contributed by atoms with E-state index in [9.17, 15) is 4.79 Å². The van der Waals surface area contributed by atoms with Crippen LogP contribution in [0.5, 0.6) is 0 Å². The van der Waals surface area contributed by atoms with Crippen LogP contribution in [0.25, 0.3) is 5.82 Å². The molecule has 0 spiro atoms. The topological polar surface area (TPSA) is 76.7 Å².